The fourth-order valence-corrected chi connectivity index (χ4v) is 2.71. The Kier molecular flexibility index (Phi) is 10.5. The van der Waals surface area contributed by atoms with E-state index in [0.29, 0.717) is 18.6 Å². The van der Waals surface area contributed by atoms with E-state index < -0.39 is 6.10 Å². The molecule has 1 N–H and O–H groups in total. The quantitative estimate of drug-likeness (QED) is 0.299. The van der Waals surface area contributed by atoms with Gasteiger partial charge in [0.15, 0.2) is 0 Å². The van der Waals surface area contributed by atoms with E-state index in [1.165, 1.54) is 44.9 Å². The number of carbonyl (C=O) groups is 1. The largest absolute Gasteiger partial charge is 0.463 e. The van der Waals surface area contributed by atoms with Gasteiger partial charge >= 0.3 is 5.97 Å². The van der Waals surface area contributed by atoms with Crippen molar-refractivity contribution >= 4 is 5.97 Å². The van der Waals surface area contributed by atoms with Crippen LogP contribution in [-0.4, -0.2) is 36.0 Å². The number of aliphatic hydroxyl groups is 1. The fraction of sp³-hybridized carbons (Fsp3) is 0.944. The SMILES string of the molecule is CCCCCCC1OC1CCCCCCC(=O)OCC(C)O. The molecule has 1 aliphatic heterocycles. The molecule has 22 heavy (non-hydrogen) atoms. The Hall–Kier alpha value is -0.610. The van der Waals surface area contributed by atoms with Gasteiger partial charge in [-0.2, -0.15) is 0 Å². The lowest BCUT2D eigenvalue weighted by Crippen LogP contribution is -2.14. The Labute approximate surface area is 135 Å². The summed E-state index contributed by atoms with van der Waals surface area (Å²) in [7, 11) is 0. The second-order valence-corrected chi connectivity index (χ2v) is 6.55. The first kappa shape index (κ1) is 19.4. The van der Waals surface area contributed by atoms with Crippen molar-refractivity contribution in [2.24, 2.45) is 0 Å². The molecule has 1 rings (SSSR count). The molecular weight excluding hydrogens is 280 g/mol. The molecule has 0 aromatic carbocycles. The predicted molar refractivity (Wildman–Crippen MR) is 87.8 cm³/mol. The highest BCUT2D eigenvalue weighted by atomic mass is 16.6. The van der Waals surface area contributed by atoms with E-state index >= 15 is 0 Å². The Balaban J connectivity index is 1.82. The molecule has 130 valence electrons. The van der Waals surface area contributed by atoms with Crippen LogP contribution in [0.2, 0.25) is 0 Å². The van der Waals surface area contributed by atoms with Crippen molar-refractivity contribution in [2.75, 3.05) is 6.61 Å². The summed E-state index contributed by atoms with van der Waals surface area (Å²) in [4.78, 5) is 11.3. The normalized spacial score (nSPS) is 21.6. The van der Waals surface area contributed by atoms with Crippen LogP contribution in [0.3, 0.4) is 0 Å². The van der Waals surface area contributed by atoms with Gasteiger partial charge in [-0.15, -0.1) is 0 Å². The molecule has 1 heterocycles. The molecule has 4 heteroatoms. The van der Waals surface area contributed by atoms with Gasteiger partial charge in [0.25, 0.3) is 0 Å². The molecule has 4 nitrogen and oxygen atoms in total. The summed E-state index contributed by atoms with van der Waals surface area (Å²) in [6.07, 6.45) is 12.9. The lowest BCUT2D eigenvalue weighted by molar-refractivity contribution is -0.146. The zero-order valence-corrected chi connectivity index (χ0v) is 14.4. The molecule has 0 aromatic heterocycles. The van der Waals surface area contributed by atoms with E-state index in [0.717, 1.165) is 19.3 Å². The first-order chi connectivity index (χ1) is 10.6. The molecule has 3 unspecified atom stereocenters. The standard InChI is InChI=1S/C18H34O4/c1-3-4-5-8-11-16-17(22-16)12-9-6-7-10-13-18(20)21-14-15(2)19/h15-17,19H,3-14H2,1-2H3. The van der Waals surface area contributed by atoms with Gasteiger partial charge in [-0.3, -0.25) is 4.79 Å². The van der Waals surface area contributed by atoms with E-state index in [1.54, 1.807) is 6.92 Å². The molecule has 0 saturated carbocycles. The summed E-state index contributed by atoms with van der Waals surface area (Å²) in [5.74, 6) is -0.196. The minimum Gasteiger partial charge on any atom is -0.463 e. The molecule has 0 bridgehead atoms. The Bertz CT molecular complexity index is 291. The van der Waals surface area contributed by atoms with Crippen LogP contribution in [-0.2, 0) is 14.3 Å². The molecular formula is C18H34O4. The Morgan fingerprint density at radius 2 is 1.64 bits per heavy atom. The molecule has 1 fully saturated rings. The molecule has 0 aromatic rings. The van der Waals surface area contributed by atoms with Crippen LogP contribution >= 0.6 is 0 Å². The third-order valence-corrected chi connectivity index (χ3v) is 4.13. The van der Waals surface area contributed by atoms with Gasteiger partial charge in [0, 0.05) is 6.42 Å². The number of esters is 1. The first-order valence-corrected chi connectivity index (χ1v) is 9.12. The van der Waals surface area contributed by atoms with Gasteiger partial charge in [0.1, 0.15) is 6.61 Å². The van der Waals surface area contributed by atoms with Crippen molar-refractivity contribution in [3.8, 4) is 0 Å². The summed E-state index contributed by atoms with van der Waals surface area (Å²) in [6, 6.07) is 0. The highest BCUT2D eigenvalue weighted by molar-refractivity contribution is 5.69. The number of aliphatic hydroxyl groups excluding tert-OH is 1. The molecule has 1 saturated heterocycles. The van der Waals surface area contributed by atoms with Crippen molar-refractivity contribution in [1.29, 1.82) is 0 Å². The molecule has 0 spiro atoms. The second-order valence-electron chi connectivity index (χ2n) is 6.55. The highest BCUT2D eigenvalue weighted by Crippen LogP contribution is 2.31. The average molecular weight is 314 g/mol. The monoisotopic (exact) mass is 314 g/mol. The van der Waals surface area contributed by atoms with Crippen LogP contribution < -0.4 is 0 Å². The van der Waals surface area contributed by atoms with Crippen LogP contribution in [0.1, 0.15) is 84.5 Å². The molecule has 0 aliphatic carbocycles. The van der Waals surface area contributed by atoms with Gasteiger partial charge in [-0.1, -0.05) is 51.9 Å². The summed E-state index contributed by atoms with van der Waals surface area (Å²) in [5.41, 5.74) is 0. The van der Waals surface area contributed by atoms with Gasteiger partial charge in [0.05, 0.1) is 18.3 Å². The van der Waals surface area contributed by atoms with E-state index in [2.05, 4.69) is 6.92 Å². The number of epoxide rings is 1. The maximum absolute atomic E-state index is 11.3. The highest BCUT2D eigenvalue weighted by Gasteiger charge is 2.36. The molecule has 0 radical (unpaired) electrons. The van der Waals surface area contributed by atoms with Crippen molar-refractivity contribution in [1.82, 2.24) is 0 Å². The summed E-state index contributed by atoms with van der Waals surface area (Å²) >= 11 is 0. The van der Waals surface area contributed by atoms with Crippen molar-refractivity contribution in [3.05, 3.63) is 0 Å². The third-order valence-electron chi connectivity index (χ3n) is 4.13. The Morgan fingerprint density at radius 1 is 1.05 bits per heavy atom. The lowest BCUT2D eigenvalue weighted by Gasteiger charge is -2.06. The van der Waals surface area contributed by atoms with Gasteiger partial charge < -0.3 is 14.6 Å². The van der Waals surface area contributed by atoms with Crippen molar-refractivity contribution < 1.29 is 19.4 Å². The number of ether oxygens (including phenoxy) is 2. The van der Waals surface area contributed by atoms with E-state index in [9.17, 15) is 4.79 Å². The third kappa shape index (κ3) is 10.2. The zero-order chi connectivity index (χ0) is 16.2. The van der Waals surface area contributed by atoms with Gasteiger partial charge in [-0.05, 0) is 26.2 Å². The number of hydrogen-bond donors (Lipinski definition) is 1. The Morgan fingerprint density at radius 3 is 2.23 bits per heavy atom. The maximum Gasteiger partial charge on any atom is 0.305 e. The summed E-state index contributed by atoms with van der Waals surface area (Å²) in [6.45, 7) is 3.96. The minimum atomic E-state index is -0.572. The number of hydrogen-bond acceptors (Lipinski definition) is 4. The van der Waals surface area contributed by atoms with Crippen molar-refractivity contribution in [2.45, 2.75) is 103 Å². The minimum absolute atomic E-state index is 0.109. The van der Waals surface area contributed by atoms with Gasteiger partial charge in [0.2, 0.25) is 0 Å². The predicted octanol–water partition coefficient (Wildman–Crippen LogP) is 3.99. The van der Waals surface area contributed by atoms with E-state index in [4.69, 9.17) is 14.6 Å². The van der Waals surface area contributed by atoms with Crippen LogP contribution in [0, 0.1) is 0 Å². The zero-order valence-electron chi connectivity index (χ0n) is 14.4. The maximum atomic E-state index is 11.3. The fourth-order valence-electron chi connectivity index (χ4n) is 2.71. The second kappa shape index (κ2) is 11.9. The van der Waals surface area contributed by atoms with Gasteiger partial charge in [-0.25, -0.2) is 0 Å². The number of carbonyl (C=O) groups excluding carboxylic acids is 1. The molecule has 0 amide bonds. The van der Waals surface area contributed by atoms with Crippen molar-refractivity contribution in [3.63, 3.8) is 0 Å². The summed E-state index contributed by atoms with van der Waals surface area (Å²) < 4.78 is 10.6. The molecule has 3 atom stereocenters. The van der Waals surface area contributed by atoms with Crippen LogP contribution in [0.5, 0.6) is 0 Å². The van der Waals surface area contributed by atoms with E-state index in [1.807, 2.05) is 0 Å². The number of unbranched alkanes of at least 4 members (excludes halogenated alkanes) is 6. The number of rotatable bonds is 14. The smallest absolute Gasteiger partial charge is 0.305 e. The first-order valence-electron chi connectivity index (χ1n) is 9.12. The van der Waals surface area contributed by atoms with Crippen LogP contribution in [0.15, 0.2) is 0 Å². The molecule has 1 aliphatic rings. The summed E-state index contributed by atoms with van der Waals surface area (Å²) in [5, 5.41) is 9.01. The van der Waals surface area contributed by atoms with E-state index in [-0.39, 0.29) is 12.6 Å². The van der Waals surface area contributed by atoms with Crippen LogP contribution in [0.4, 0.5) is 0 Å². The lowest BCUT2D eigenvalue weighted by atomic mass is 10.0. The van der Waals surface area contributed by atoms with Crippen LogP contribution in [0.25, 0.3) is 0 Å². The average Bonchev–Trinajstić information content (AvgIpc) is 3.23. The topological polar surface area (TPSA) is 59.1 Å².